The molecule has 1 aliphatic heterocycles. The van der Waals surface area contributed by atoms with Gasteiger partial charge in [-0.05, 0) is 24.0 Å². The Morgan fingerprint density at radius 3 is 2.52 bits per heavy atom. The minimum absolute atomic E-state index is 0. The van der Waals surface area contributed by atoms with Crippen molar-refractivity contribution >= 4 is 29.9 Å². The number of nitrogens with zero attached hydrogens (tertiary/aromatic N) is 2. The summed E-state index contributed by atoms with van der Waals surface area (Å²) in [5.74, 6) is 3.01. The van der Waals surface area contributed by atoms with E-state index in [1.165, 1.54) is 0 Å². The average molecular weight is 492 g/mol. The zero-order valence-electron chi connectivity index (χ0n) is 17.2. The molecule has 7 heteroatoms. The third-order valence-corrected chi connectivity index (χ3v) is 4.62. The average Bonchev–Trinajstić information content (AvgIpc) is 3.13. The Morgan fingerprint density at radius 1 is 1.19 bits per heavy atom. The zero-order valence-corrected chi connectivity index (χ0v) is 19.6. The Bertz CT molecular complexity index is 514. The van der Waals surface area contributed by atoms with Gasteiger partial charge in [0.15, 0.2) is 5.96 Å². The maximum absolute atomic E-state index is 5.50. The molecule has 1 unspecified atom stereocenters. The number of aliphatic imine (C=N–C) groups is 1. The molecule has 156 valence electrons. The fourth-order valence-corrected chi connectivity index (χ4v) is 3.10. The third kappa shape index (κ3) is 9.30. The number of nitrogens with one attached hydrogen (secondary N) is 2. The molecular formula is C20H37IN4O2. The molecule has 1 atom stereocenters. The van der Waals surface area contributed by atoms with E-state index in [-0.39, 0.29) is 24.0 Å². The molecule has 0 bridgehead atoms. The standard InChI is InChI=1S/C20H36N4O2.HI/c1-16(2)14-22-20(21-8-7-18-6-5-11-26-18)23-15-19(17(3)4)24-9-12-25-13-10-24;/h5-6,11,16-17,19H,7-10,12-15H2,1-4H3,(H2,21,22,23);1H. The highest BCUT2D eigenvalue weighted by molar-refractivity contribution is 14.0. The van der Waals surface area contributed by atoms with Crippen LogP contribution in [0.5, 0.6) is 0 Å². The number of furan rings is 1. The Hall–Kier alpha value is -0.800. The maximum atomic E-state index is 5.50. The third-order valence-electron chi connectivity index (χ3n) is 4.62. The Morgan fingerprint density at radius 2 is 1.93 bits per heavy atom. The van der Waals surface area contributed by atoms with Crippen molar-refractivity contribution in [1.82, 2.24) is 15.5 Å². The van der Waals surface area contributed by atoms with Crippen molar-refractivity contribution < 1.29 is 9.15 Å². The van der Waals surface area contributed by atoms with Gasteiger partial charge >= 0.3 is 0 Å². The zero-order chi connectivity index (χ0) is 18.8. The van der Waals surface area contributed by atoms with Crippen LogP contribution in [0.3, 0.4) is 0 Å². The highest BCUT2D eigenvalue weighted by atomic mass is 127. The van der Waals surface area contributed by atoms with Crippen molar-refractivity contribution in [3.8, 4) is 0 Å². The molecule has 1 aliphatic rings. The molecule has 2 rings (SSSR count). The van der Waals surface area contributed by atoms with Gasteiger partial charge in [-0.15, -0.1) is 24.0 Å². The van der Waals surface area contributed by atoms with Crippen molar-refractivity contribution in [2.45, 2.75) is 40.2 Å². The van der Waals surface area contributed by atoms with Gasteiger partial charge in [0, 0.05) is 45.2 Å². The summed E-state index contributed by atoms with van der Waals surface area (Å²) in [5.41, 5.74) is 0. The summed E-state index contributed by atoms with van der Waals surface area (Å²) < 4.78 is 10.9. The summed E-state index contributed by atoms with van der Waals surface area (Å²) in [6, 6.07) is 4.42. The summed E-state index contributed by atoms with van der Waals surface area (Å²) in [6.07, 6.45) is 2.57. The van der Waals surface area contributed by atoms with Crippen molar-refractivity contribution in [1.29, 1.82) is 0 Å². The first-order valence-electron chi connectivity index (χ1n) is 9.92. The first kappa shape index (κ1) is 24.2. The topological polar surface area (TPSA) is 62.0 Å². The largest absolute Gasteiger partial charge is 0.469 e. The monoisotopic (exact) mass is 492 g/mol. The molecule has 0 radical (unpaired) electrons. The van der Waals surface area contributed by atoms with Gasteiger partial charge in [0.05, 0.1) is 19.5 Å². The van der Waals surface area contributed by atoms with Crippen LogP contribution in [0.2, 0.25) is 0 Å². The summed E-state index contributed by atoms with van der Waals surface area (Å²) in [6.45, 7) is 15.2. The van der Waals surface area contributed by atoms with Gasteiger partial charge in [-0.1, -0.05) is 27.7 Å². The minimum atomic E-state index is 0. The van der Waals surface area contributed by atoms with Gasteiger partial charge in [-0.25, -0.2) is 0 Å². The second-order valence-corrected chi connectivity index (χ2v) is 7.68. The van der Waals surface area contributed by atoms with Crippen molar-refractivity contribution in [2.24, 2.45) is 16.8 Å². The molecule has 2 N–H and O–H groups in total. The molecule has 27 heavy (non-hydrogen) atoms. The van der Waals surface area contributed by atoms with E-state index in [1.807, 2.05) is 12.1 Å². The van der Waals surface area contributed by atoms with Crippen LogP contribution < -0.4 is 10.6 Å². The van der Waals surface area contributed by atoms with E-state index >= 15 is 0 Å². The molecule has 0 amide bonds. The second-order valence-electron chi connectivity index (χ2n) is 7.68. The molecule has 1 aromatic heterocycles. The number of guanidine groups is 1. The van der Waals surface area contributed by atoms with Gasteiger partial charge in [-0.2, -0.15) is 0 Å². The van der Waals surface area contributed by atoms with Crippen molar-refractivity contribution in [2.75, 3.05) is 45.9 Å². The van der Waals surface area contributed by atoms with Gasteiger partial charge < -0.3 is 19.8 Å². The van der Waals surface area contributed by atoms with Gasteiger partial charge in [-0.3, -0.25) is 9.89 Å². The highest BCUT2D eigenvalue weighted by Crippen LogP contribution is 2.12. The molecular weight excluding hydrogens is 455 g/mol. The predicted molar refractivity (Wildman–Crippen MR) is 122 cm³/mol. The quantitative estimate of drug-likeness (QED) is 0.316. The minimum Gasteiger partial charge on any atom is -0.469 e. The van der Waals surface area contributed by atoms with E-state index in [4.69, 9.17) is 14.1 Å². The van der Waals surface area contributed by atoms with Crippen LogP contribution in [-0.4, -0.2) is 62.8 Å². The van der Waals surface area contributed by atoms with Crippen LogP contribution >= 0.6 is 24.0 Å². The van der Waals surface area contributed by atoms with Crippen molar-refractivity contribution in [3.63, 3.8) is 0 Å². The second kappa shape index (κ2) is 13.4. The lowest BCUT2D eigenvalue weighted by Crippen LogP contribution is -2.52. The summed E-state index contributed by atoms with van der Waals surface area (Å²) in [4.78, 5) is 7.27. The van der Waals surface area contributed by atoms with Gasteiger partial charge in [0.25, 0.3) is 0 Å². The predicted octanol–water partition coefficient (Wildman–Crippen LogP) is 2.99. The molecule has 2 heterocycles. The maximum Gasteiger partial charge on any atom is 0.191 e. The molecule has 0 saturated carbocycles. The molecule has 6 nitrogen and oxygen atoms in total. The first-order chi connectivity index (χ1) is 12.6. The number of hydrogen-bond donors (Lipinski definition) is 2. The lowest BCUT2D eigenvalue weighted by molar-refractivity contribution is 0.00752. The molecule has 1 fully saturated rings. The molecule has 1 aromatic rings. The van der Waals surface area contributed by atoms with Crippen LogP contribution in [0.1, 0.15) is 33.5 Å². The van der Waals surface area contributed by atoms with Gasteiger partial charge in [0.2, 0.25) is 0 Å². The Kier molecular flexibility index (Phi) is 12.0. The molecule has 1 saturated heterocycles. The SMILES string of the molecule is CC(C)CN=C(NCCc1ccco1)NCC(C(C)C)N1CCOCC1.I. The van der Waals surface area contributed by atoms with E-state index < -0.39 is 0 Å². The van der Waals surface area contributed by atoms with Crippen LogP contribution in [0.15, 0.2) is 27.8 Å². The number of ether oxygens (including phenoxy) is 1. The molecule has 0 spiro atoms. The summed E-state index contributed by atoms with van der Waals surface area (Å²) in [7, 11) is 0. The van der Waals surface area contributed by atoms with Crippen LogP contribution in [-0.2, 0) is 11.2 Å². The normalized spacial score (nSPS) is 17.0. The van der Waals surface area contributed by atoms with E-state index in [9.17, 15) is 0 Å². The van der Waals surface area contributed by atoms with Crippen molar-refractivity contribution in [3.05, 3.63) is 24.2 Å². The highest BCUT2D eigenvalue weighted by Gasteiger charge is 2.23. The first-order valence-corrected chi connectivity index (χ1v) is 9.92. The van der Waals surface area contributed by atoms with E-state index in [0.717, 1.165) is 64.1 Å². The lowest BCUT2D eigenvalue weighted by atomic mass is 10.0. The number of rotatable bonds is 9. The van der Waals surface area contributed by atoms with E-state index in [0.29, 0.717) is 17.9 Å². The number of halogens is 1. The number of hydrogen-bond acceptors (Lipinski definition) is 4. The molecule has 0 aromatic carbocycles. The summed E-state index contributed by atoms with van der Waals surface area (Å²) >= 11 is 0. The fourth-order valence-electron chi connectivity index (χ4n) is 3.10. The Balaban J connectivity index is 0.00000364. The number of morpholine rings is 1. The fraction of sp³-hybridized carbons (Fsp3) is 0.750. The van der Waals surface area contributed by atoms with Gasteiger partial charge in [0.1, 0.15) is 5.76 Å². The molecule has 0 aliphatic carbocycles. The van der Waals surface area contributed by atoms with Crippen LogP contribution in [0.4, 0.5) is 0 Å². The summed E-state index contributed by atoms with van der Waals surface area (Å²) in [5, 5.41) is 7.01. The Labute approximate surface area is 181 Å². The lowest BCUT2D eigenvalue weighted by Gasteiger charge is -2.37. The van der Waals surface area contributed by atoms with Crippen LogP contribution in [0, 0.1) is 11.8 Å². The van der Waals surface area contributed by atoms with E-state index in [2.05, 4.69) is 43.2 Å². The van der Waals surface area contributed by atoms with Crippen LogP contribution in [0.25, 0.3) is 0 Å². The smallest absolute Gasteiger partial charge is 0.191 e. The van der Waals surface area contributed by atoms with E-state index in [1.54, 1.807) is 6.26 Å².